The lowest BCUT2D eigenvalue weighted by atomic mass is 10.0. The average molecular weight is 2100 g/mol. The molecule has 0 radical (unpaired) electrons. The molecule has 4 aliphatic carbocycles. The lowest BCUT2D eigenvalue weighted by molar-refractivity contribution is -0.141. The van der Waals surface area contributed by atoms with Crippen molar-refractivity contribution in [1.82, 2.24) is 83.4 Å². The van der Waals surface area contributed by atoms with Gasteiger partial charge in [-0.25, -0.2) is 22.0 Å². The quantitative estimate of drug-likeness (QED) is 0.0509. The number of phenols is 1. The highest BCUT2D eigenvalue weighted by molar-refractivity contribution is 5.96. The summed E-state index contributed by atoms with van der Waals surface area (Å²) in [6.07, 6.45) is 12.1. The summed E-state index contributed by atoms with van der Waals surface area (Å²) < 4.78 is 109. The second-order valence-corrected chi connectivity index (χ2v) is 41.3. The van der Waals surface area contributed by atoms with Crippen molar-refractivity contribution >= 4 is 70.9 Å². The van der Waals surface area contributed by atoms with Gasteiger partial charge in [0.1, 0.15) is 85.8 Å². The van der Waals surface area contributed by atoms with Crippen molar-refractivity contribution in [3.05, 3.63) is 184 Å². The Hall–Kier alpha value is -12.6. The van der Waals surface area contributed by atoms with Crippen molar-refractivity contribution in [2.24, 2.45) is 35.5 Å². The number of para-hydroxylation sites is 3. The highest BCUT2D eigenvalue weighted by Gasteiger charge is 2.45. The maximum atomic E-state index is 14.8. The number of rotatable bonds is 12. The van der Waals surface area contributed by atoms with Gasteiger partial charge in [-0.1, -0.05) is 94.4 Å². The number of benzene rings is 6. The number of phenolic OH excluding ortho intramolecular Hbond substituents is 1. The first kappa shape index (κ1) is 118. The fourth-order valence-corrected chi connectivity index (χ4v) is 18.3. The normalized spacial score (nSPS) is 25.2. The summed E-state index contributed by atoms with van der Waals surface area (Å²) in [7, 11) is 6.34. The van der Waals surface area contributed by atoms with Gasteiger partial charge in [-0.05, 0) is 268 Å². The molecule has 8 aliphatic rings. The van der Waals surface area contributed by atoms with Crippen molar-refractivity contribution in [1.29, 1.82) is 0 Å². The van der Waals surface area contributed by atoms with E-state index in [1.807, 2.05) is 40.7 Å². The van der Waals surface area contributed by atoms with E-state index >= 15 is 0 Å². The molecule has 13 atom stereocenters. The highest BCUT2D eigenvalue weighted by Crippen LogP contribution is 2.39. The standard InChI is InChI=1S/C30H38F2N4O4.C29H37FN4O5.C26H38F2N4O4.C26H39FN4O4/c1-18-17-34-26(21-11-12-21)30(39)36(3)19(2)28(37)35-25(16-20-9-13-23(31)14-10-20)29(38)33-15-5-7-22-6-4-8-24(32)27(22)40-18;1-18-27(36)33-24(17-19-8-12-22(35)13-9-19)28(37)32-14-4-6-21-5-3-7-23(30)26(21)39-16-15-31-25(20-10-11-20)29(38)34(18)2;1-15(2)14-20-25(34)30-11-5-6-18-9-10-19(27)21(28)23(18)36-13-12-29-22(17-7-8-17)26(35)32(4)16(3)24(33)31-20;1-16(2)15-21-25(33)29-12-6-8-19-7-5-9-20(27)23(19)35-14-13-28-22(18-10-11-18)26(34)31(4)17(3)24(32)30-21/h4,6,8-10,13-14,18-19,21,25-26,34H,5,7,11-12,15-17H2,1-3H3,(H,33,38)(H,35,37);3,5,7-9,12-13,18,20,24-25,31,35H,4,6,10-11,14-17H2,1-2H3,(H,32,37)(H,33,36);9-10,15-17,20,22,29H,5-8,11-14H2,1-4H3,(H,30,34)(H,31,33);5,7,9,16-18,21-22,28H,6,8,10-15H2,1-4H3,(H,29,33)(H,30,32)/t18-,19-,25-,26+;18-,24-,25+;16-,20-,22+;17-,21-,22+/m1111/s1. The summed E-state index contributed by atoms with van der Waals surface area (Å²) in [5.41, 5.74) is 4.04. The van der Waals surface area contributed by atoms with Crippen LogP contribution in [0.2, 0.25) is 0 Å². The van der Waals surface area contributed by atoms with Gasteiger partial charge in [-0.3, -0.25) is 57.5 Å². The van der Waals surface area contributed by atoms with E-state index in [4.69, 9.17) is 18.9 Å². The number of carbonyl (C=O) groups is 12. The van der Waals surface area contributed by atoms with E-state index in [-0.39, 0.29) is 151 Å². The van der Waals surface area contributed by atoms with Crippen LogP contribution in [0.3, 0.4) is 0 Å². The molecule has 6 aromatic rings. The minimum absolute atomic E-state index is 0.0389. The molecule has 12 amide bonds. The number of fused-ring (bicyclic) bond motifs is 4. The molecule has 39 heteroatoms. The van der Waals surface area contributed by atoms with Crippen LogP contribution in [0.25, 0.3) is 0 Å². The van der Waals surface area contributed by atoms with Crippen molar-refractivity contribution in [2.75, 3.05) is 100 Å². The topological polar surface area (TPSA) is 419 Å². The molecule has 6 aromatic carbocycles. The molecular formula is C111H152F6N16O17. The predicted molar refractivity (Wildman–Crippen MR) is 553 cm³/mol. The van der Waals surface area contributed by atoms with Crippen LogP contribution in [0.15, 0.2) is 115 Å². The smallest absolute Gasteiger partial charge is 0.243 e. The molecule has 13 N–H and O–H groups in total. The summed E-state index contributed by atoms with van der Waals surface area (Å²) in [6.45, 7) is 19.3. The van der Waals surface area contributed by atoms with E-state index in [9.17, 15) is 89.0 Å². The number of aromatic hydroxyl groups is 1. The maximum absolute atomic E-state index is 14.8. The Balaban J connectivity index is 0.000000190. The number of amides is 12. The van der Waals surface area contributed by atoms with Crippen molar-refractivity contribution in [3.8, 4) is 28.7 Å². The number of likely N-dealkylation sites (N-methyl/N-ethyl adjacent to an activating group) is 4. The van der Waals surface area contributed by atoms with Crippen LogP contribution < -0.4 is 82.7 Å². The zero-order chi connectivity index (χ0) is 109. The predicted octanol–water partition coefficient (Wildman–Crippen LogP) is 8.82. The number of hydrogen-bond donors (Lipinski definition) is 13. The molecule has 820 valence electrons. The average Bonchev–Trinajstić information content (AvgIpc) is 1.74. The lowest BCUT2D eigenvalue weighted by Crippen LogP contribution is -2.57. The Morgan fingerprint density at radius 1 is 0.333 bits per heavy atom. The summed E-state index contributed by atoms with van der Waals surface area (Å²) in [6, 6.07) is 20.7. The first-order valence-corrected chi connectivity index (χ1v) is 52.9. The van der Waals surface area contributed by atoms with Crippen LogP contribution in [0, 0.1) is 70.4 Å². The summed E-state index contributed by atoms with van der Waals surface area (Å²) in [4.78, 5) is 164. The van der Waals surface area contributed by atoms with Gasteiger partial charge in [0.15, 0.2) is 46.3 Å². The van der Waals surface area contributed by atoms with Gasteiger partial charge in [0.05, 0.1) is 24.2 Å². The van der Waals surface area contributed by atoms with Crippen LogP contribution in [-0.4, -0.2) is 275 Å². The Kier molecular flexibility index (Phi) is 44.7. The number of nitrogens with zero attached hydrogens (tertiary/aromatic N) is 4. The maximum Gasteiger partial charge on any atom is 0.243 e. The molecule has 0 saturated heterocycles. The summed E-state index contributed by atoms with van der Waals surface area (Å²) in [5.74, 6) is -6.12. The molecule has 4 heterocycles. The Morgan fingerprint density at radius 3 is 0.960 bits per heavy atom. The van der Waals surface area contributed by atoms with E-state index < -0.39 is 137 Å². The van der Waals surface area contributed by atoms with Crippen LogP contribution in [-0.2, 0) is 96.1 Å². The van der Waals surface area contributed by atoms with Gasteiger partial charge >= 0.3 is 0 Å². The first-order chi connectivity index (χ1) is 71.7. The molecule has 4 fully saturated rings. The van der Waals surface area contributed by atoms with Crippen LogP contribution in [0.1, 0.15) is 186 Å². The number of hydrogen-bond acceptors (Lipinski definition) is 21. The van der Waals surface area contributed by atoms with Crippen molar-refractivity contribution in [3.63, 3.8) is 0 Å². The van der Waals surface area contributed by atoms with E-state index in [0.29, 0.717) is 132 Å². The van der Waals surface area contributed by atoms with Gasteiger partial charge < -0.3 is 107 Å². The van der Waals surface area contributed by atoms with Crippen LogP contribution in [0.5, 0.6) is 28.7 Å². The van der Waals surface area contributed by atoms with Gasteiger partial charge in [-0.15, -0.1) is 0 Å². The first-order valence-electron chi connectivity index (χ1n) is 52.9. The minimum atomic E-state index is -1.05. The molecule has 4 aliphatic heterocycles. The zero-order valence-electron chi connectivity index (χ0n) is 88.4. The number of aryl methyl sites for hydroxylation is 4. The fourth-order valence-electron chi connectivity index (χ4n) is 18.3. The molecule has 14 rings (SSSR count). The van der Waals surface area contributed by atoms with Gasteiger partial charge in [-0.2, -0.15) is 4.39 Å². The fraction of sp³-hybridized carbons (Fsp3) is 0.568. The highest BCUT2D eigenvalue weighted by atomic mass is 19.2. The molecule has 0 spiro atoms. The van der Waals surface area contributed by atoms with Gasteiger partial charge in [0.2, 0.25) is 76.7 Å². The van der Waals surface area contributed by atoms with E-state index in [0.717, 1.165) is 68.6 Å². The van der Waals surface area contributed by atoms with Crippen LogP contribution in [0.4, 0.5) is 26.3 Å². The number of halogens is 6. The van der Waals surface area contributed by atoms with E-state index in [2.05, 4.69) is 63.8 Å². The lowest BCUT2D eigenvalue weighted by Gasteiger charge is -2.31. The summed E-state index contributed by atoms with van der Waals surface area (Å²) in [5, 5.41) is 45.3. The number of ether oxygens (including phenoxy) is 4. The van der Waals surface area contributed by atoms with E-state index in [1.54, 1.807) is 110 Å². The summed E-state index contributed by atoms with van der Waals surface area (Å²) >= 11 is 0. The number of carbonyl (C=O) groups excluding carboxylic acids is 12. The zero-order valence-corrected chi connectivity index (χ0v) is 88.4. The van der Waals surface area contributed by atoms with Gasteiger partial charge in [0, 0.05) is 93.4 Å². The minimum Gasteiger partial charge on any atom is -0.508 e. The third kappa shape index (κ3) is 35.0. The molecule has 0 aromatic heterocycles. The third-order valence-electron chi connectivity index (χ3n) is 28.4. The van der Waals surface area contributed by atoms with Gasteiger partial charge in [0.25, 0.3) is 0 Å². The van der Waals surface area contributed by atoms with Crippen molar-refractivity contribution < 1.29 is 108 Å². The SMILES string of the molecule is CC(C)C[C@H]1NC(=O)[C@@H](C)N(C)C(=O)[C@H](C2CC2)NCCOc2c(F)cccc2CCCNC1=O.CC(C)C[C@H]1NC(=O)[C@@H](C)N(C)C(=O)[C@H](C2CC2)NCCOc2c(ccc(F)c2F)CCCNC1=O.C[C@@H]1C(=O)N[C@H](Cc2ccc(O)cc2)C(=O)NCCCc2cccc(F)c2OCCN[C@@H](C2CC2)C(=O)N1C.C[C@@H]1CN[C@@H](C2CC2)C(=O)N(C)[C@H](C)C(=O)N[C@H](Cc2ccc(F)cc2)C(=O)NCCCc2cccc(F)c2O1. The van der Waals surface area contributed by atoms with Crippen LogP contribution >= 0.6 is 0 Å². The third-order valence-corrected chi connectivity index (χ3v) is 28.4. The Bertz CT molecular complexity index is 5560. The molecule has 0 bridgehead atoms. The molecule has 4 saturated carbocycles. The van der Waals surface area contributed by atoms with Crippen molar-refractivity contribution in [2.45, 2.75) is 269 Å². The number of nitrogens with one attached hydrogen (secondary N) is 12. The largest absolute Gasteiger partial charge is 0.508 e. The van der Waals surface area contributed by atoms with E-state index in [1.165, 1.54) is 68.1 Å². The Morgan fingerprint density at radius 2 is 0.627 bits per heavy atom. The molecular weight excluding hydrogens is 1940 g/mol. The second kappa shape index (κ2) is 57.0. The Labute approximate surface area is 875 Å². The second-order valence-electron chi connectivity index (χ2n) is 41.3. The monoisotopic (exact) mass is 2100 g/mol. The molecule has 33 nitrogen and oxygen atoms in total. The molecule has 150 heavy (non-hydrogen) atoms. The molecule has 0 unspecified atom stereocenters.